The quantitative estimate of drug-likeness (QED) is 0.352. The van der Waals surface area contributed by atoms with Crippen LogP contribution in [0.1, 0.15) is 24.1 Å². The van der Waals surface area contributed by atoms with E-state index < -0.39 is 34.6 Å². The monoisotopic (exact) mass is 546 g/mol. The van der Waals surface area contributed by atoms with Crippen molar-refractivity contribution in [3.63, 3.8) is 0 Å². The minimum Gasteiger partial charge on any atom is -0.379 e. The van der Waals surface area contributed by atoms with Crippen molar-refractivity contribution in [2.45, 2.75) is 43.8 Å². The number of aromatic nitrogens is 6. The number of likely N-dealkylation sites (tertiary alicyclic amines) is 1. The van der Waals surface area contributed by atoms with Crippen LogP contribution < -0.4 is 10.5 Å². The number of hydrogen-bond donors (Lipinski definition) is 1. The fraction of sp³-hybridized carbons (Fsp3) is 0.524. The lowest BCUT2D eigenvalue weighted by Crippen LogP contribution is -2.63. The Hall–Kier alpha value is -3.76. The van der Waals surface area contributed by atoms with Gasteiger partial charge in [0.15, 0.2) is 5.69 Å². The first-order chi connectivity index (χ1) is 17.9. The smallest absolute Gasteiger partial charge is 0.379 e. The molecule has 5 heterocycles. The Balaban J connectivity index is 1.10. The molecule has 1 amide bonds. The van der Waals surface area contributed by atoms with Gasteiger partial charge in [-0.3, -0.25) is 14.3 Å². The summed E-state index contributed by atoms with van der Waals surface area (Å²) in [5.41, 5.74) is -3.34. The number of halogens is 6. The summed E-state index contributed by atoms with van der Waals surface area (Å²) in [6.45, 7) is 0.723. The molecule has 2 atom stereocenters. The van der Waals surface area contributed by atoms with E-state index in [1.807, 2.05) is 5.10 Å². The van der Waals surface area contributed by atoms with Gasteiger partial charge in [-0.2, -0.15) is 36.5 Å². The lowest BCUT2D eigenvalue weighted by molar-refractivity contribution is -0.140. The third kappa shape index (κ3) is 4.77. The number of nitrogens with one attached hydrogen (secondary N) is 1. The predicted octanol–water partition coefficient (Wildman–Crippen LogP) is 1.84. The number of fused-ring (bicyclic) bond motifs is 2. The number of ether oxygens (including phenoxy) is 1. The second-order valence-corrected chi connectivity index (χ2v) is 8.82. The van der Waals surface area contributed by atoms with Crippen LogP contribution in [0.15, 0.2) is 23.4 Å². The molecule has 2 aliphatic rings. The number of H-pyrrole nitrogens is 1. The van der Waals surface area contributed by atoms with Gasteiger partial charge in [-0.05, 0) is 6.42 Å². The second kappa shape index (κ2) is 9.52. The second-order valence-electron chi connectivity index (χ2n) is 8.82. The molecule has 1 N–H and O–H groups in total. The van der Waals surface area contributed by atoms with Crippen LogP contribution >= 0.6 is 0 Å². The van der Waals surface area contributed by atoms with Crippen molar-refractivity contribution < 1.29 is 35.9 Å². The molecule has 0 aliphatic carbocycles. The molecule has 0 bridgehead atoms. The van der Waals surface area contributed by atoms with Crippen LogP contribution in [-0.2, 0) is 28.4 Å². The lowest BCUT2D eigenvalue weighted by atomic mass is 9.98. The first-order valence-electron chi connectivity index (χ1n) is 11.5. The van der Waals surface area contributed by atoms with Gasteiger partial charge in [0, 0.05) is 25.5 Å². The summed E-state index contributed by atoms with van der Waals surface area (Å²) in [6.07, 6.45) is -6.16. The molecule has 11 nitrogen and oxygen atoms in total. The maximum Gasteiger partial charge on any atom is 0.435 e. The van der Waals surface area contributed by atoms with Gasteiger partial charge in [-0.1, -0.05) is 0 Å². The van der Waals surface area contributed by atoms with Crippen molar-refractivity contribution in [3.8, 4) is 0 Å². The zero-order chi connectivity index (χ0) is 27.2. The molecule has 2 saturated heterocycles. The van der Waals surface area contributed by atoms with Crippen LogP contribution in [-0.4, -0.2) is 79.1 Å². The van der Waals surface area contributed by atoms with E-state index in [9.17, 15) is 35.9 Å². The van der Waals surface area contributed by atoms with E-state index >= 15 is 0 Å². The molecule has 204 valence electrons. The van der Waals surface area contributed by atoms with Gasteiger partial charge in [0.2, 0.25) is 11.9 Å². The van der Waals surface area contributed by atoms with Crippen LogP contribution in [0.3, 0.4) is 0 Å². The Labute approximate surface area is 209 Å². The summed E-state index contributed by atoms with van der Waals surface area (Å²) in [5.74, 6) is -0.000910. The molecule has 0 spiro atoms. The van der Waals surface area contributed by atoms with Crippen LogP contribution in [0.5, 0.6) is 0 Å². The van der Waals surface area contributed by atoms with Gasteiger partial charge in [0.25, 0.3) is 5.56 Å². The van der Waals surface area contributed by atoms with E-state index in [1.165, 1.54) is 0 Å². The first kappa shape index (κ1) is 25.9. The number of anilines is 1. The molecule has 2 aliphatic heterocycles. The number of carbonyl (C=O) groups is 1. The maximum absolute atomic E-state index is 13.3. The Morgan fingerprint density at radius 3 is 2.47 bits per heavy atom. The highest BCUT2D eigenvalue weighted by Gasteiger charge is 2.49. The van der Waals surface area contributed by atoms with Crippen molar-refractivity contribution in [2.24, 2.45) is 0 Å². The molecule has 0 radical (unpaired) electrons. The van der Waals surface area contributed by atoms with Gasteiger partial charge in [-0.25, -0.2) is 15.1 Å². The standard InChI is InChI=1S/C21H20F6N8O3/c22-20(23,24)11-7-28-19(29-8-11)34-10-14-12(34)1-3-33(14)15(36)2-5-38-6-4-35-13-9-30-31-18(37)16(13)17(32-35)21(25,26)27/h7-9,12,14H,1-6,10H2,(H,31,37). The normalized spacial score (nSPS) is 19.6. The van der Waals surface area contributed by atoms with Crippen molar-refractivity contribution in [1.82, 2.24) is 34.8 Å². The number of rotatable bonds is 7. The molecular formula is C21H20F6N8O3. The highest BCUT2D eigenvalue weighted by atomic mass is 19.4. The summed E-state index contributed by atoms with van der Waals surface area (Å²) in [7, 11) is 0. The maximum atomic E-state index is 13.3. The third-order valence-electron chi connectivity index (χ3n) is 6.59. The summed E-state index contributed by atoms with van der Waals surface area (Å²) >= 11 is 0. The van der Waals surface area contributed by atoms with Gasteiger partial charge < -0.3 is 14.5 Å². The zero-order valence-electron chi connectivity index (χ0n) is 19.5. The van der Waals surface area contributed by atoms with E-state index in [0.717, 1.165) is 23.3 Å². The summed E-state index contributed by atoms with van der Waals surface area (Å²) < 4.78 is 84.4. The number of amides is 1. The van der Waals surface area contributed by atoms with E-state index in [1.54, 1.807) is 9.80 Å². The fourth-order valence-corrected chi connectivity index (χ4v) is 4.74. The highest BCUT2D eigenvalue weighted by Crippen LogP contribution is 2.36. The van der Waals surface area contributed by atoms with Crippen molar-refractivity contribution in [2.75, 3.05) is 31.2 Å². The van der Waals surface area contributed by atoms with Crippen LogP contribution in [0.4, 0.5) is 32.3 Å². The topological polar surface area (TPSA) is 122 Å². The Bertz CT molecular complexity index is 1390. The molecule has 3 aromatic rings. The summed E-state index contributed by atoms with van der Waals surface area (Å²) in [6, 6.07) is -0.209. The fourth-order valence-electron chi connectivity index (χ4n) is 4.74. The molecule has 0 saturated carbocycles. The molecule has 3 aromatic heterocycles. The minimum absolute atomic E-state index is 0.0165. The van der Waals surface area contributed by atoms with E-state index in [-0.39, 0.29) is 55.6 Å². The SMILES string of the molecule is O=C(CCOCCn1nc(C(F)(F)F)c2c(=O)[nH]ncc21)N1CCC2C1CN2c1ncc(C(F)(F)F)cn1. The zero-order valence-corrected chi connectivity index (χ0v) is 19.5. The van der Waals surface area contributed by atoms with Gasteiger partial charge >= 0.3 is 12.4 Å². The first-order valence-corrected chi connectivity index (χ1v) is 11.5. The van der Waals surface area contributed by atoms with E-state index in [4.69, 9.17) is 4.74 Å². The minimum atomic E-state index is -4.82. The average Bonchev–Trinajstić information content (AvgIpc) is 3.37. The number of nitrogens with zero attached hydrogens (tertiary/aromatic N) is 7. The highest BCUT2D eigenvalue weighted by molar-refractivity contribution is 5.80. The third-order valence-corrected chi connectivity index (χ3v) is 6.59. The molecule has 2 unspecified atom stereocenters. The van der Waals surface area contributed by atoms with Crippen LogP contribution in [0.2, 0.25) is 0 Å². The molecule has 0 aromatic carbocycles. The van der Waals surface area contributed by atoms with Crippen LogP contribution in [0, 0.1) is 0 Å². The molecule has 38 heavy (non-hydrogen) atoms. The average molecular weight is 546 g/mol. The Kier molecular flexibility index (Phi) is 6.48. The number of hydrogen-bond acceptors (Lipinski definition) is 8. The van der Waals surface area contributed by atoms with Gasteiger partial charge in [-0.15, -0.1) is 0 Å². The molecule has 17 heteroatoms. The largest absolute Gasteiger partial charge is 0.435 e. The van der Waals surface area contributed by atoms with Crippen molar-refractivity contribution >= 4 is 22.8 Å². The van der Waals surface area contributed by atoms with Crippen molar-refractivity contribution in [1.29, 1.82) is 0 Å². The van der Waals surface area contributed by atoms with Gasteiger partial charge in [0.05, 0.1) is 55.5 Å². The number of alkyl halides is 6. The van der Waals surface area contributed by atoms with Crippen molar-refractivity contribution in [3.05, 3.63) is 40.2 Å². The molecule has 5 rings (SSSR count). The lowest BCUT2D eigenvalue weighted by Gasteiger charge is -2.46. The molecular weight excluding hydrogens is 526 g/mol. The summed E-state index contributed by atoms with van der Waals surface area (Å²) in [4.78, 5) is 35.6. The summed E-state index contributed by atoms with van der Waals surface area (Å²) in [5, 5.41) is 8.38. The van der Waals surface area contributed by atoms with Gasteiger partial charge in [0.1, 0.15) is 5.39 Å². The number of aromatic amines is 1. The van der Waals surface area contributed by atoms with Crippen LogP contribution in [0.25, 0.3) is 10.9 Å². The van der Waals surface area contributed by atoms with E-state index in [0.29, 0.717) is 19.5 Å². The van der Waals surface area contributed by atoms with E-state index in [2.05, 4.69) is 20.2 Å². The predicted molar refractivity (Wildman–Crippen MR) is 117 cm³/mol. The molecule has 2 fully saturated rings. The Morgan fingerprint density at radius 2 is 1.79 bits per heavy atom. The Morgan fingerprint density at radius 1 is 1.05 bits per heavy atom. The number of carbonyl (C=O) groups excluding carboxylic acids is 1.